The van der Waals surface area contributed by atoms with Crippen LogP contribution in [-0.2, 0) is 6.54 Å². The summed E-state index contributed by atoms with van der Waals surface area (Å²) in [6.07, 6.45) is 3.38. The third kappa shape index (κ3) is 3.69. The minimum absolute atomic E-state index is 0.310. The van der Waals surface area contributed by atoms with Gasteiger partial charge in [-0.1, -0.05) is 18.2 Å². The molecule has 134 valence electrons. The molecule has 0 saturated heterocycles. The van der Waals surface area contributed by atoms with E-state index in [4.69, 9.17) is 4.74 Å². The topological polar surface area (TPSA) is 51.1 Å². The molecule has 0 aliphatic carbocycles. The zero-order chi connectivity index (χ0) is 18.6. The Bertz CT molecular complexity index is 1070. The summed E-state index contributed by atoms with van der Waals surface area (Å²) < 4.78 is 19.1. The van der Waals surface area contributed by atoms with Gasteiger partial charge in [0.05, 0.1) is 25.4 Å². The average molecular weight is 360 g/mol. The summed E-state index contributed by atoms with van der Waals surface area (Å²) in [5, 5.41) is 0. The molecule has 0 unspecified atom stereocenters. The highest BCUT2D eigenvalue weighted by Gasteiger charge is 2.15. The number of fused-ring (bicyclic) bond motifs is 1. The van der Waals surface area contributed by atoms with Gasteiger partial charge in [-0.15, -0.1) is 0 Å². The van der Waals surface area contributed by atoms with Crippen LogP contribution in [0.3, 0.4) is 0 Å². The van der Waals surface area contributed by atoms with E-state index in [-0.39, 0.29) is 5.82 Å². The lowest BCUT2D eigenvalue weighted by atomic mass is 10.2. The third-order valence-corrected chi connectivity index (χ3v) is 4.20. The second-order valence-corrected chi connectivity index (χ2v) is 5.99. The monoisotopic (exact) mass is 360 g/mol. The molecular weight excluding hydrogens is 343 g/mol. The van der Waals surface area contributed by atoms with Gasteiger partial charge in [0.15, 0.2) is 0 Å². The van der Waals surface area contributed by atoms with Gasteiger partial charge in [-0.25, -0.2) is 14.4 Å². The lowest BCUT2D eigenvalue weighted by molar-refractivity contribution is 0.414. The van der Waals surface area contributed by atoms with E-state index in [1.54, 1.807) is 25.6 Å². The maximum atomic E-state index is 13.8. The number of hydrogen-bond donors (Lipinski definition) is 0. The number of aromatic nitrogens is 3. The average Bonchev–Trinajstić information content (AvgIpc) is 2.72. The molecule has 4 rings (SSSR count). The molecule has 0 N–H and O–H groups in total. The van der Waals surface area contributed by atoms with Crippen molar-refractivity contribution in [3.63, 3.8) is 0 Å². The van der Waals surface area contributed by atoms with Crippen molar-refractivity contribution in [2.75, 3.05) is 12.0 Å². The van der Waals surface area contributed by atoms with E-state index in [2.05, 4.69) is 15.0 Å². The Hall–Kier alpha value is -3.54. The maximum Gasteiger partial charge on any atom is 0.230 e. The molecule has 0 atom stereocenters. The van der Waals surface area contributed by atoms with Gasteiger partial charge in [0, 0.05) is 11.9 Å². The summed E-state index contributed by atoms with van der Waals surface area (Å²) >= 11 is 0. The number of nitrogens with zero attached hydrogens (tertiary/aromatic N) is 4. The fourth-order valence-corrected chi connectivity index (χ4v) is 2.82. The minimum Gasteiger partial charge on any atom is -0.497 e. The Morgan fingerprint density at radius 2 is 1.81 bits per heavy atom. The van der Waals surface area contributed by atoms with Crippen LogP contribution in [0.15, 0.2) is 73.1 Å². The van der Waals surface area contributed by atoms with Crippen molar-refractivity contribution in [3.05, 3.63) is 84.4 Å². The highest BCUT2D eigenvalue weighted by molar-refractivity contribution is 5.75. The number of methoxy groups -OCH3 is 1. The van der Waals surface area contributed by atoms with E-state index >= 15 is 0 Å². The smallest absolute Gasteiger partial charge is 0.230 e. The molecule has 0 radical (unpaired) electrons. The molecule has 0 aliphatic rings. The molecule has 27 heavy (non-hydrogen) atoms. The minimum atomic E-state index is -0.310. The summed E-state index contributed by atoms with van der Waals surface area (Å²) in [5.74, 6) is 0.954. The predicted octanol–water partition coefficient (Wildman–Crippen LogP) is 4.51. The number of halogens is 1. The van der Waals surface area contributed by atoms with Gasteiger partial charge >= 0.3 is 0 Å². The molecule has 2 heterocycles. The van der Waals surface area contributed by atoms with Gasteiger partial charge in [-0.2, -0.15) is 0 Å². The molecular formula is C21H17FN4O. The van der Waals surface area contributed by atoms with Crippen molar-refractivity contribution in [1.29, 1.82) is 0 Å². The van der Waals surface area contributed by atoms with Crippen LogP contribution < -0.4 is 9.64 Å². The first-order chi connectivity index (χ1) is 13.2. The van der Waals surface area contributed by atoms with Crippen LogP contribution in [-0.4, -0.2) is 22.1 Å². The zero-order valence-corrected chi connectivity index (χ0v) is 14.7. The first kappa shape index (κ1) is 16.9. The molecule has 5 nitrogen and oxygen atoms in total. The first-order valence-corrected chi connectivity index (χ1v) is 8.47. The molecule has 2 aromatic heterocycles. The molecule has 4 aromatic rings. The Kier molecular flexibility index (Phi) is 4.61. The van der Waals surface area contributed by atoms with Crippen molar-refractivity contribution in [2.24, 2.45) is 0 Å². The molecule has 0 aliphatic heterocycles. The molecule has 2 aromatic carbocycles. The molecule has 0 amide bonds. The Balaban J connectivity index is 1.76. The SMILES string of the molecule is COc1ccc(CN(c2cccc(F)c2)c2ncc3ncccc3n2)cc1. The van der Waals surface area contributed by atoms with Crippen LogP contribution in [0.5, 0.6) is 5.75 Å². The van der Waals surface area contributed by atoms with Crippen molar-refractivity contribution >= 4 is 22.7 Å². The van der Waals surface area contributed by atoms with E-state index < -0.39 is 0 Å². The summed E-state index contributed by atoms with van der Waals surface area (Å²) in [6.45, 7) is 0.485. The normalized spacial score (nSPS) is 10.7. The van der Waals surface area contributed by atoms with Crippen LogP contribution in [0.25, 0.3) is 11.0 Å². The highest BCUT2D eigenvalue weighted by atomic mass is 19.1. The largest absolute Gasteiger partial charge is 0.497 e. The van der Waals surface area contributed by atoms with E-state index in [1.807, 2.05) is 47.4 Å². The van der Waals surface area contributed by atoms with E-state index in [0.29, 0.717) is 23.7 Å². The van der Waals surface area contributed by atoms with Gasteiger partial charge in [0.1, 0.15) is 17.1 Å². The van der Waals surface area contributed by atoms with Gasteiger partial charge < -0.3 is 9.64 Å². The van der Waals surface area contributed by atoms with Crippen LogP contribution in [0.1, 0.15) is 5.56 Å². The number of pyridine rings is 1. The lowest BCUT2D eigenvalue weighted by Gasteiger charge is -2.23. The summed E-state index contributed by atoms with van der Waals surface area (Å²) in [4.78, 5) is 15.2. The van der Waals surface area contributed by atoms with Gasteiger partial charge in [0.2, 0.25) is 5.95 Å². The first-order valence-electron chi connectivity index (χ1n) is 8.47. The molecule has 0 bridgehead atoms. The van der Waals surface area contributed by atoms with Crippen molar-refractivity contribution in [3.8, 4) is 5.75 Å². The van der Waals surface area contributed by atoms with E-state index in [0.717, 1.165) is 16.8 Å². The van der Waals surface area contributed by atoms with E-state index in [1.165, 1.54) is 12.1 Å². The van der Waals surface area contributed by atoms with Crippen LogP contribution >= 0.6 is 0 Å². The number of hydrogen-bond acceptors (Lipinski definition) is 5. The molecule has 0 spiro atoms. The van der Waals surface area contributed by atoms with Crippen LogP contribution in [0, 0.1) is 5.82 Å². The fraction of sp³-hybridized carbons (Fsp3) is 0.0952. The van der Waals surface area contributed by atoms with Crippen molar-refractivity contribution in [2.45, 2.75) is 6.54 Å². The quantitative estimate of drug-likeness (QED) is 0.524. The van der Waals surface area contributed by atoms with Crippen molar-refractivity contribution in [1.82, 2.24) is 15.0 Å². The lowest BCUT2D eigenvalue weighted by Crippen LogP contribution is -2.19. The zero-order valence-electron chi connectivity index (χ0n) is 14.7. The fourth-order valence-electron chi connectivity index (χ4n) is 2.82. The summed E-state index contributed by atoms with van der Waals surface area (Å²) in [5.41, 5.74) is 3.15. The Labute approximate surface area is 156 Å². The molecule has 0 fully saturated rings. The number of rotatable bonds is 5. The second kappa shape index (κ2) is 7.37. The molecule has 0 saturated carbocycles. The van der Waals surface area contributed by atoms with Gasteiger partial charge in [0.25, 0.3) is 0 Å². The second-order valence-electron chi connectivity index (χ2n) is 5.99. The number of ether oxygens (including phenoxy) is 1. The third-order valence-electron chi connectivity index (χ3n) is 4.20. The van der Waals surface area contributed by atoms with Crippen LogP contribution in [0.4, 0.5) is 16.0 Å². The van der Waals surface area contributed by atoms with Crippen molar-refractivity contribution < 1.29 is 9.13 Å². The van der Waals surface area contributed by atoms with Crippen LogP contribution in [0.2, 0.25) is 0 Å². The highest BCUT2D eigenvalue weighted by Crippen LogP contribution is 2.26. The Morgan fingerprint density at radius 3 is 2.59 bits per heavy atom. The number of benzene rings is 2. The Morgan fingerprint density at radius 1 is 0.963 bits per heavy atom. The van der Waals surface area contributed by atoms with Gasteiger partial charge in [-0.3, -0.25) is 4.98 Å². The number of anilines is 2. The predicted molar refractivity (Wildman–Crippen MR) is 103 cm³/mol. The summed E-state index contributed by atoms with van der Waals surface area (Å²) in [6, 6.07) is 17.8. The summed E-state index contributed by atoms with van der Waals surface area (Å²) in [7, 11) is 1.63. The molecule has 6 heteroatoms. The standard InChI is InChI=1S/C21H17FN4O/c1-27-18-9-7-15(8-10-18)14-26(17-5-2-4-16(22)12-17)21-24-13-20-19(25-21)6-3-11-23-20/h2-13H,14H2,1H3. The van der Waals surface area contributed by atoms with Gasteiger partial charge in [-0.05, 0) is 48.0 Å². The van der Waals surface area contributed by atoms with E-state index in [9.17, 15) is 4.39 Å². The maximum absolute atomic E-state index is 13.8.